The largest absolute Gasteiger partial charge is 0.480 e. The number of amides is 2. The fourth-order valence-corrected chi connectivity index (χ4v) is 5.57. The van der Waals surface area contributed by atoms with Crippen molar-refractivity contribution in [1.29, 1.82) is 0 Å². The number of aromatic amines is 1. The maximum absolute atomic E-state index is 13.3. The molecule has 1 atom stereocenters. The standard InChI is InChI=1S/C23H25N5O5S/c1-11(13-5-6-13)28-10-15-7-14(8-17(34(4,31)32)18(15)22(28)30)16-9-24-20-19(16)21(33-3)27-23(26-20)25-12(2)29/h7-9,11,13H,5-6,10H2,1-4H3,(H2,24,25,26,27,29)/t11-/m0/s1. The second-order valence-electron chi connectivity index (χ2n) is 8.96. The lowest BCUT2D eigenvalue weighted by atomic mass is 10.0. The molecule has 0 spiro atoms. The Morgan fingerprint density at radius 2 is 2.03 bits per heavy atom. The van der Waals surface area contributed by atoms with Crippen molar-refractivity contribution in [3.8, 4) is 17.0 Å². The minimum atomic E-state index is -3.69. The summed E-state index contributed by atoms with van der Waals surface area (Å²) in [5, 5.41) is 3.08. The van der Waals surface area contributed by atoms with E-state index in [1.165, 1.54) is 20.1 Å². The average Bonchev–Trinajstić information content (AvgIpc) is 3.45. The van der Waals surface area contributed by atoms with Crippen molar-refractivity contribution in [3.05, 3.63) is 29.5 Å². The molecule has 2 amide bonds. The van der Waals surface area contributed by atoms with Gasteiger partial charge in [0, 0.05) is 37.5 Å². The lowest BCUT2D eigenvalue weighted by Crippen LogP contribution is -2.35. The van der Waals surface area contributed by atoms with Crippen LogP contribution in [-0.4, -0.2) is 59.5 Å². The molecule has 0 bridgehead atoms. The van der Waals surface area contributed by atoms with E-state index in [4.69, 9.17) is 4.74 Å². The van der Waals surface area contributed by atoms with Crippen molar-refractivity contribution in [2.75, 3.05) is 18.7 Å². The number of ether oxygens (including phenoxy) is 1. The number of anilines is 1. The van der Waals surface area contributed by atoms with Crippen molar-refractivity contribution in [1.82, 2.24) is 19.9 Å². The Kier molecular flexibility index (Phi) is 5.12. The van der Waals surface area contributed by atoms with Crippen LogP contribution in [0.4, 0.5) is 5.95 Å². The molecule has 2 N–H and O–H groups in total. The number of hydrogen-bond donors (Lipinski definition) is 2. The van der Waals surface area contributed by atoms with Gasteiger partial charge in [-0.25, -0.2) is 8.42 Å². The zero-order valence-corrected chi connectivity index (χ0v) is 20.1. The lowest BCUT2D eigenvalue weighted by molar-refractivity contribution is -0.114. The molecule has 34 heavy (non-hydrogen) atoms. The Morgan fingerprint density at radius 3 is 2.65 bits per heavy atom. The first kappa shape index (κ1) is 22.3. The quantitative estimate of drug-likeness (QED) is 0.550. The summed E-state index contributed by atoms with van der Waals surface area (Å²) in [6, 6.07) is 3.44. The summed E-state index contributed by atoms with van der Waals surface area (Å²) in [7, 11) is -2.23. The minimum absolute atomic E-state index is 0.0135. The highest BCUT2D eigenvalue weighted by Crippen LogP contribution is 2.42. The Hall–Kier alpha value is -3.47. The Morgan fingerprint density at radius 1 is 1.29 bits per heavy atom. The first-order valence-corrected chi connectivity index (χ1v) is 12.9. The number of H-pyrrole nitrogens is 1. The van der Waals surface area contributed by atoms with Gasteiger partial charge in [-0.2, -0.15) is 9.97 Å². The van der Waals surface area contributed by atoms with Crippen LogP contribution in [0.3, 0.4) is 0 Å². The van der Waals surface area contributed by atoms with Gasteiger partial charge in [-0.1, -0.05) is 0 Å². The number of hydrogen-bond acceptors (Lipinski definition) is 7. The predicted molar refractivity (Wildman–Crippen MR) is 125 cm³/mol. The monoisotopic (exact) mass is 483 g/mol. The van der Waals surface area contributed by atoms with Crippen LogP contribution in [0.15, 0.2) is 23.2 Å². The first-order valence-electron chi connectivity index (χ1n) is 11.0. The van der Waals surface area contributed by atoms with Gasteiger partial charge in [0.05, 0.1) is 23.0 Å². The number of carbonyl (C=O) groups excluding carboxylic acids is 2. The van der Waals surface area contributed by atoms with E-state index in [9.17, 15) is 18.0 Å². The van der Waals surface area contributed by atoms with Gasteiger partial charge < -0.3 is 14.6 Å². The second-order valence-corrected chi connectivity index (χ2v) is 10.9. The minimum Gasteiger partial charge on any atom is -0.480 e. The summed E-state index contributed by atoms with van der Waals surface area (Å²) in [5.74, 6) is 0.227. The molecule has 11 heteroatoms. The molecule has 10 nitrogen and oxygen atoms in total. The summed E-state index contributed by atoms with van der Waals surface area (Å²) < 4.78 is 31.0. The number of benzene rings is 1. The summed E-state index contributed by atoms with van der Waals surface area (Å²) in [4.78, 5) is 38.1. The molecule has 1 fully saturated rings. The lowest BCUT2D eigenvalue weighted by Gasteiger charge is -2.24. The Bertz CT molecular complexity index is 1460. The molecule has 2 aromatic heterocycles. The summed E-state index contributed by atoms with van der Waals surface area (Å²) >= 11 is 0. The Balaban J connectivity index is 1.67. The molecular formula is C23H25N5O5S. The third-order valence-electron chi connectivity index (χ3n) is 6.49. The SMILES string of the molecule is COc1nc(NC(C)=O)nc2[nH]cc(-c3cc4c(c(S(C)(=O)=O)c3)C(=O)N([C@@H](C)C3CC3)C4)c12. The smallest absolute Gasteiger partial charge is 0.256 e. The third kappa shape index (κ3) is 3.69. The molecule has 1 aromatic carbocycles. The van der Waals surface area contributed by atoms with Gasteiger partial charge in [0.25, 0.3) is 5.91 Å². The zero-order chi connectivity index (χ0) is 24.4. The van der Waals surface area contributed by atoms with Crippen molar-refractivity contribution in [2.24, 2.45) is 5.92 Å². The van der Waals surface area contributed by atoms with Crippen LogP contribution in [0.1, 0.15) is 42.6 Å². The maximum atomic E-state index is 13.3. The maximum Gasteiger partial charge on any atom is 0.256 e. The normalized spacial score (nSPS) is 16.6. The number of fused-ring (bicyclic) bond motifs is 2. The fourth-order valence-electron chi connectivity index (χ4n) is 4.64. The molecular weight excluding hydrogens is 458 g/mol. The van der Waals surface area contributed by atoms with Crippen LogP contribution in [0.25, 0.3) is 22.2 Å². The zero-order valence-electron chi connectivity index (χ0n) is 19.3. The van der Waals surface area contributed by atoms with Crippen molar-refractivity contribution in [2.45, 2.75) is 44.2 Å². The molecule has 0 radical (unpaired) electrons. The van der Waals surface area contributed by atoms with Gasteiger partial charge in [-0.3, -0.25) is 14.9 Å². The van der Waals surface area contributed by atoms with Gasteiger partial charge in [-0.15, -0.1) is 0 Å². The van der Waals surface area contributed by atoms with Crippen LogP contribution in [0.2, 0.25) is 0 Å². The highest BCUT2D eigenvalue weighted by Gasteiger charge is 2.41. The highest BCUT2D eigenvalue weighted by atomic mass is 32.2. The number of methoxy groups -OCH3 is 1. The van der Waals surface area contributed by atoms with Crippen molar-refractivity contribution >= 4 is 38.6 Å². The number of rotatable bonds is 6. The van der Waals surface area contributed by atoms with Gasteiger partial charge in [0.2, 0.25) is 17.7 Å². The van der Waals surface area contributed by atoms with Gasteiger partial charge >= 0.3 is 0 Å². The summed E-state index contributed by atoms with van der Waals surface area (Å²) in [6.45, 7) is 3.74. The van der Waals surface area contributed by atoms with E-state index >= 15 is 0 Å². The summed E-state index contributed by atoms with van der Waals surface area (Å²) in [6.07, 6.45) is 4.97. The molecule has 5 rings (SSSR count). The van der Waals surface area contributed by atoms with Crippen LogP contribution in [-0.2, 0) is 21.2 Å². The molecule has 2 aliphatic rings. The van der Waals surface area contributed by atoms with E-state index in [0.29, 0.717) is 40.2 Å². The van der Waals surface area contributed by atoms with Gasteiger partial charge in [0.15, 0.2) is 9.84 Å². The predicted octanol–water partition coefficient (Wildman–Crippen LogP) is 2.75. The van der Waals surface area contributed by atoms with Gasteiger partial charge in [-0.05, 0) is 48.9 Å². The van der Waals surface area contributed by atoms with E-state index in [1.54, 1.807) is 11.1 Å². The molecule has 1 aliphatic heterocycles. The topological polar surface area (TPSA) is 134 Å². The Labute approximate surface area is 196 Å². The molecule has 1 saturated carbocycles. The van der Waals surface area contributed by atoms with Crippen molar-refractivity contribution in [3.63, 3.8) is 0 Å². The van der Waals surface area contributed by atoms with E-state index in [-0.39, 0.29) is 40.1 Å². The average molecular weight is 484 g/mol. The van der Waals surface area contributed by atoms with Crippen molar-refractivity contribution < 1.29 is 22.7 Å². The van der Waals surface area contributed by atoms with E-state index in [1.807, 2.05) is 13.0 Å². The summed E-state index contributed by atoms with van der Waals surface area (Å²) in [5.41, 5.74) is 2.60. The third-order valence-corrected chi connectivity index (χ3v) is 7.61. The van der Waals surface area contributed by atoms with Crippen LogP contribution < -0.4 is 10.1 Å². The second kappa shape index (κ2) is 7.79. The number of sulfone groups is 1. The van der Waals surface area contributed by atoms with E-state index < -0.39 is 9.84 Å². The number of aromatic nitrogens is 3. The number of nitrogens with one attached hydrogen (secondary N) is 2. The molecule has 0 saturated heterocycles. The fraction of sp³-hybridized carbons (Fsp3) is 0.391. The van der Waals surface area contributed by atoms with E-state index in [2.05, 4.69) is 20.3 Å². The number of nitrogens with zero attached hydrogens (tertiary/aromatic N) is 3. The van der Waals surface area contributed by atoms with E-state index in [0.717, 1.165) is 19.1 Å². The number of carbonyl (C=O) groups is 2. The van der Waals surface area contributed by atoms with Gasteiger partial charge in [0.1, 0.15) is 5.65 Å². The molecule has 1 aliphatic carbocycles. The molecule has 0 unspecified atom stereocenters. The molecule has 178 valence electrons. The molecule has 3 heterocycles. The highest BCUT2D eigenvalue weighted by molar-refractivity contribution is 7.90. The van der Waals surface area contributed by atoms with Crippen LogP contribution in [0.5, 0.6) is 5.88 Å². The first-order chi connectivity index (χ1) is 16.1. The van der Waals surface area contributed by atoms with Crippen LogP contribution in [0, 0.1) is 5.92 Å². The van der Waals surface area contributed by atoms with Crippen LogP contribution >= 0.6 is 0 Å². The molecule has 3 aromatic rings.